The zero-order valence-electron chi connectivity index (χ0n) is 16.2. The first-order valence-corrected chi connectivity index (χ1v) is 10.1. The molecule has 1 atom stereocenters. The van der Waals surface area contributed by atoms with E-state index in [4.69, 9.17) is 0 Å². The van der Waals surface area contributed by atoms with Gasteiger partial charge in [-0.25, -0.2) is 0 Å². The number of benzene rings is 1. The van der Waals surface area contributed by atoms with E-state index in [2.05, 4.69) is 20.4 Å². The number of hydrogen-bond donors (Lipinski definition) is 2. The van der Waals surface area contributed by atoms with E-state index in [1.807, 2.05) is 22.7 Å². The van der Waals surface area contributed by atoms with Crippen LogP contribution < -0.4 is 5.32 Å². The van der Waals surface area contributed by atoms with Crippen molar-refractivity contribution in [2.75, 3.05) is 18.4 Å². The Hall–Kier alpha value is -2.81. The quantitative estimate of drug-likeness (QED) is 0.667. The fourth-order valence-electron chi connectivity index (χ4n) is 4.23. The molecule has 0 bridgehead atoms. The number of hydrogen-bond acceptors (Lipinski definition) is 5. The maximum atomic E-state index is 12.9. The van der Waals surface area contributed by atoms with Crippen LogP contribution in [0.1, 0.15) is 31.2 Å². The third kappa shape index (κ3) is 3.58. The van der Waals surface area contributed by atoms with E-state index in [-0.39, 0.29) is 11.6 Å². The Morgan fingerprint density at radius 3 is 2.67 bits per heavy atom. The summed E-state index contributed by atoms with van der Waals surface area (Å²) in [6.07, 6.45) is 2.05. The Morgan fingerprint density at radius 1 is 1.10 bits per heavy atom. The molecule has 1 aromatic carbocycles. The Labute approximate surface area is 171 Å². The molecule has 1 aliphatic carbocycles. The predicted octanol–water partition coefficient (Wildman–Crippen LogP) is 4.16. The SMILES string of the molecule is Oc1cc(C(F)(F)F)ccc1-c1nnc(N[C@@H]2CCCN(C3CC3)C2)n2cccc12. The molecular formula is C21H22F3N5O. The van der Waals surface area contributed by atoms with Gasteiger partial charge in [-0.3, -0.25) is 9.30 Å². The van der Waals surface area contributed by atoms with Gasteiger partial charge in [0.05, 0.1) is 11.1 Å². The molecule has 1 saturated carbocycles. The zero-order valence-corrected chi connectivity index (χ0v) is 16.2. The molecule has 1 aliphatic heterocycles. The van der Waals surface area contributed by atoms with Gasteiger partial charge in [0.2, 0.25) is 5.95 Å². The number of piperidine rings is 1. The first-order valence-electron chi connectivity index (χ1n) is 10.1. The molecule has 6 nitrogen and oxygen atoms in total. The largest absolute Gasteiger partial charge is 0.507 e. The van der Waals surface area contributed by atoms with E-state index in [1.54, 1.807) is 0 Å². The van der Waals surface area contributed by atoms with Gasteiger partial charge in [-0.05, 0) is 62.6 Å². The van der Waals surface area contributed by atoms with E-state index in [0.717, 1.165) is 44.1 Å². The minimum atomic E-state index is -4.52. The predicted molar refractivity (Wildman–Crippen MR) is 106 cm³/mol. The van der Waals surface area contributed by atoms with Crippen LogP contribution in [0.4, 0.5) is 19.1 Å². The van der Waals surface area contributed by atoms with E-state index in [1.165, 1.54) is 18.9 Å². The minimum absolute atomic E-state index is 0.211. The molecule has 0 spiro atoms. The van der Waals surface area contributed by atoms with Crippen LogP contribution in [0.25, 0.3) is 16.8 Å². The molecule has 2 aliphatic rings. The number of aromatic hydroxyl groups is 1. The summed E-state index contributed by atoms with van der Waals surface area (Å²) in [5, 5.41) is 22.2. The number of fused-ring (bicyclic) bond motifs is 1. The van der Waals surface area contributed by atoms with Crippen molar-refractivity contribution in [3.8, 4) is 17.0 Å². The number of phenols is 1. The second-order valence-electron chi connectivity index (χ2n) is 8.07. The molecule has 30 heavy (non-hydrogen) atoms. The summed E-state index contributed by atoms with van der Waals surface area (Å²) >= 11 is 0. The van der Waals surface area contributed by atoms with Crippen molar-refractivity contribution in [3.05, 3.63) is 42.1 Å². The fourth-order valence-corrected chi connectivity index (χ4v) is 4.23. The van der Waals surface area contributed by atoms with Crippen molar-refractivity contribution in [3.63, 3.8) is 0 Å². The molecule has 3 aromatic rings. The highest BCUT2D eigenvalue weighted by Crippen LogP contribution is 2.37. The number of phenolic OH excluding ortho intramolecular Hbond substituents is 1. The van der Waals surface area contributed by atoms with Crippen LogP contribution >= 0.6 is 0 Å². The minimum Gasteiger partial charge on any atom is -0.507 e. The number of alkyl halides is 3. The third-order valence-electron chi connectivity index (χ3n) is 5.89. The maximum Gasteiger partial charge on any atom is 0.416 e. The first kappa shape index (κ1) is 19.2. The second kappa shape index (κ2) is 7.16. The van der Waals surface area contributed by atoms with Gasteiger partial charge in [0.1, 0.15) is 11.4 Å². The van der Waals surface area contributed by atoms with E-state index in [9.17, 15) is 18.3 Å². The molecule has 3 heterocycles. The highest BCUT2D eigenvalue weighted by molar-refractivity contribution is 5.81. The lowest BCUT2D eigenvalue weighted by Crippen LogP contribution is -2.43. The average molecular weight is 417 g/mol. The summed E-state index contributed by atoms with van der Waals surface area (Å²) in [7, 11) is 0. The highest BCUT2D eigenvalue weighted by Gasteiger charge is 2.33. The molecule has 5 rings (SSSR count). The average Bonchev–Trinajstić information content (AvgIpc) is 3.45. The Balaban J connectivity index is 1.44. The van der Waals surface area contributed by atoms with Gasteiger partial charge < -0.3 is 10.4 Å². The first-order chi connectivity index (χ1) is 14.4. The standard InChI is InChI=1S/C21H22F3N5O/c22-21(23,24)13-5-8-16(18(30)11-13)19-17-4-2-10-29(17)20(27-26-19)25-14-3-1-9-28(12-14)15-6-7-15/h2,4-5,8,10-11,14-15,30H,1,3,6-7,9,12H2,(H,25,27)/t14-/m1/s1. The molecule has 1 saturated heterocycles. The van der Waals surface area contributed by atoms with Crippen LogP contribution in [0.3, 0.4) is 0 Å². The van der Waals surface area contributed by atoms with Crippen LogP contribution in [0.15, 0.2) is 36.5 Å². The maximum absolute atomic E-state index is 12.9. The summed E-state index contributed by atoms with van der Waals surface area (Å²) < 4.78 is 40.6. The normalized spacial score (nSPS) is 20.6. The van der Waals surface area contributed by atoms with Crippen molar-refractivity contribution in [2.45, 2.75) is 43.9 Å². The van der Waals surface area contributed by atoms with Crippen molar-refractivity contribution in [1.29, 1.82) is 0 Å². The molecular weight excluding hydrogens is 395 g/mol. The summed E-state index contributed by atoms with van der Waals surface area (Å²) in [5.74, 6) is 0.114. The molecule has 2 fully saturated rings. The number of likely N-dealkylation sites (tertiary alicyclic amines) is 1. The van der Waals surface area contributed by atoms with Crippen molar-refractivity contribution >= 4 is 11.5 Å². The molecule has 0 unspecified atom stereocenters. The summed E-state index contributed by atoms with van der Waals surface area (Å²) in [6.45, 7) is 2.11. The molecule has 2 aromatic heterocycles. The molecule has 0 radical (unpaired) electrons. The van der Waals surface area contributed by atoms with E-state index >= 15 is 0 Å². The Bertz CT molecular complexity index is 1080. The van der Waals surface area contributed by atoms with E-state index in [0.29, 0.717) is 17.2 Å². The number of nitrogens with zero attached hydrogens (tertiary/aromatic N) is 4. The van der Waals surface area contributed by atoms with Crippen LogP contribution in [0.5, 0.6) is 5.75 Å². The monoisotopic (exact) mass is 417 g/mol. The lowest BCUT2D eigenvalue weighted by Gasteiger charge is -2.33. The number of nitrogens with one attached hydrogen (secondary N) is 1. The summed E-state index contributed by atoms with van der Waals surface area (Å²) in [5.41, 5.74) is 0.305. The lowest BCUT2D eigenvalue weighted by atomic mass is 10.1. The lowest BCUT2D eigenvalue weighted by molar-refractivity contribution is -0.137. The van der Waals surface area contributed by atoms with Gasteiger partial charge in [-0.1, -0.05) is 0 Å². The van der Waals surface area contributed by atoms with E-state index < -0.39 is 17.5 Å². The van der Waals surface area contributed by atoms with Crippen LogP contribution in [-0.2, 0) is 6.18 Å². The Morgan fingerprint density at radius 2 is 1.93 bits per heavy atom. The van der Waals surface area contributed by atoms with Crippen molar-refractivity contribution in [1.82, 2.24) is 19.5 Å². The van der Waals surface area contributed by atoms with Gasteiger partial charge in [-0.2, -0.15) is 13.2 Å². The third-order valence-corrected chi connectivity index (χ3v) is 5.89. The van der Waals surface area contributed by atoms with Gasteiger partial charge in [0.25, 0.3) is 0 Å². The topological polar surface area (TPSA) is 65.7 Å². The molecule has 0 amide bonds. The van der Waals surface area contributed by atoms with Crippen LogP contribution in [-0.4, -0.2) is 49.8 Å². The molecule has 9 heteroatoms. The smallest absolute Gasteiger partial charge is 0.416 e. The van der Waals surface area contributed by atoms with Gasteiger partial charge >= 0.3 is 6.18 Å². The summed E-state index contributed by atoms with van der Waals surface area (Å²) in [6, 6.07) is 7.52. The second-order valence-corrected chi connectivity index (χ2v) is 8.07. The number of halogens is 3. The fraction of sp³-hybridized carbons (Fsp3) is 0.429. The highest BCUT2D eigenvalue weighted by atomic mass is 19.4. The molecule has 158 valence electrons. The zero-order chi connectivity index (χ0) is 20.9. The number of rotatable bonds is 4. The summed E-state index contributed by atoms with van der Waals surface area (Å²) in [4.78, 5) is 2.52. The van der Waals surface area contributed by atoms with Gasteiger partial charge in [-0.15, -0.1) is 10.2 Å². The van der Waals surface area contributed by atoms with Crippen molar-refractivity contribution < 1.29 is 18.3 Å². The Kier molecular flexibility index (Phi) is 4.57. The van der Waals surface area contributed by atoms with Crippen LogP contribution in [0, 0.1) is 0 Å². The van der Waals surface area contributed by atoms with Gasteiger partial charge in [0, 0.05) is 30.4 Å². The van der Waals surface area contributed by atoms with Gasteiger partial charge in [0.15, 0.2) is 0 Å². The number of aromatic nitrogens is 3. The van der Waals surface area contributed by atoms with Crippen molar-refractivity contribution in [2.24, 2.45) is 0 Å². The molecule has 2 N–H and O–H groups in total. The van der Waals surface area contributed by atoms with Crippen LogP contribution in [0.2, 0.25) is 0 Å². The number of anilines is 1.